The minimum absolute atomic E-state index is 0.581. The van der Waals surface area contributed by atoms with Crippen LogP contribution in [0.25, 0.3) is 5.57 Å². The number of ether oxygens (including phenoxy) is 1. The van der Waals surface area contributed by atoms with E-state index in [4.69, 9.17) is 4.74 Å². The van der Waals surface area contributed by atoms with E-state index in [1.54, 1.807) is 0 Å². The summed E-state index contributed by atoms with van der Waals surface area (Å²) in [7, 11) is 0. The predicted octanol–water partition coefficient (Wildman–Crippen LogP) is 7.79. The molecule has 1 N–H and O–H groups in total. The van der Waals surface area contributed by atoms with Crippen LogP contribution in [0, 0.1) is 0 Å². The first-order valence-corrected chi connectivity index (χ1v) is 11.9. The second-order valence-corrected chi connectivity index (χ2v) is 8.41. The Labute approximate surface area is 177 Å². The van der Waals surface area contributed by atoms with E-state index in [0.717, 1.165) is 25.7 Å². The third kappa shape index (κ3) is 9.51. The van der Waals surface area contributed by atoms with Crippen molar-refractivity contribution in [3.8, 4) is 5.75 Å². The number of carboxylic acids is 1. The van der Waals surface area contributed by atoms with Gasteiger partial charge in [0.15, 0.2) is 6.10 Å². The van der Waals surface area contributed by atoms with Crippen LogP contribution in [0.2, 0.25) is 0 Å². The highest BCUT2D eigenvalue weighted by Gasteiger charge is 2.19. The Kier molecular flexibility index (Phi) is 11.6. The largest absolute Gasteiger partial charge is 0.479 e. The van der Waals surface area contributed by atoms with E-state index in [1.165, 1.54) is 75.3 Å². The van der Waals surface area contributed by atoms with Gasteiger partial charge in [-0.2, -0.15) is 0 Å². The molecule has 0 spiro atoms. The molecule has 1 atom stereocenters. The molecule has 2 rings (SSSR count). The van der Waals surface area contributed by atoms with Crippen molar-refractivity contribution in [3.63, 3.8) is 0 Å². The van der Waals surface area contributed by atoms with Crippen molar-refractivity contribution in [1.29, 1.82) is 0 Å². The summed E-state index contributed by atoms with van der Waals surface area (Å²) in [5, 5.41) is 9.52. The lowest BCUT2D eigenvalue weighted by molar-refractivity contribution is -0.145. The van der Waals surface area contributed by atoms with E-state index in [1.807, 2.05) is 12.1 Å². The third-order valence-electron chi connectivity index (χ3n) is 5.89. The molecule has 1 unspecified atom stereocenters. The maximum atomic E-state index is 11.6. The first-order valence-electron chi connectivity index (χ1n) is 11.9. The number of carbonyl (C=O) groups is 1. The summed E-state index contributed by atoms with van der Waals surface area (Å²) in [4.78, 5) is 11.6. The number of aliphatic carboxylic acids is 1. The Morgan fingerprint density at radius 2 is 1.59 bits per heavy atom. The average Bonchev–Trinajstić information content (AvgIpc) is 2.69. The fourth-order valence-corrected chi connectivity index (χ4v) is 4.06. The molecular formula is C26H40O3. The van der Waals surface area contributed by atoms with Gasteiger partial charge in [-0.05, 0) is 61.8 Å². The molecule has 0 saturated heterocycles. The second-order valence-electron chi connectivity index (χ2n) is 8.41. The quantitative estimate of drug-likeness (QED) is 0.344. The zero-order valence-electron chi connectivity index (χ0n) is 18.3. The normalized spacial score (nSPS) is 15.8. The van der Waals surface area contributed by atoms with Gasteiger partial charge in [-0.15, -0.1) is 0 Å². The molecule has 1 aromatic rings. The Morgan fingerprint density at radius 1 is 0.931 bits per heavy atom. The van der Waals surface area contributed by atoms with Crippen molar-refractivity contribution in [2.24, 2.45) is 0 Å². The van der Waals surface area contributed by atoms with E-state index in [2.05, 4.69) is 25.1 Å². The van der Waals surface area contributed by atoms with E-state index in [0.29, 0.717) is 12.2 Å². The molecule has 0 radical (unpaired) electrons. The smallest absolute Gasteiger partial charge is 0.344 e. The first kappa shape index (κ1) is 23.5. The van der Waals surface area contributed by atoms with Gasteiger partial charge in [0.2, 0.25) is 0 Å². The fourth-order valence-electron chi connectivity index (χ4n) is 4.06. The van der Waals surface area contributed by atoms with Gasteiger partial charge in [0.25, 0.3) is 0 Å². The lowest BCUT2D eigenvalue weighted by atomic mass is 9.95. The van der Waals surface area contributed by atoms with Crippen LogP contribution in [0.3, 0.4) is 0 Å². The van der Waals surface area contributed by atoms with Gasteiger partial charge < -0.3 is 9.84 Å². The number of rotatable bonds is 13. The molecule has 0 heterocycles. The van der Waals surface area contributed by atoms with Crippen LogP contribution in [0.5, 0.6) is 5.75 Å². The maximum absolute atomic E-state index is 11.6. The second kappa shape index (κ2) is 14.3. The SMILES string of the molecule is CCCCCCCCCCC(Oc1ccc(C2=CCCCCCC2)cc1)C(=O)O. The predicted molar refractivity (Wildman–Crippen MR) is 121 cm³/mol. The molecule has 1 aliphatic rings. The number of allylic oxidation sites excluding steroid dienone is 2. The molecule has 0 saturated carbocycles. The molecule has 0 aromatic heterocycles. The fraction of sp³-hybridized carbons (Fsp3) is 0.654. The van der Waals surface area contributed by atoms with Crippen LogP contribution < -0.4 is 4.74 Å². The maximum Gasteiger partial charge on any atom is 0.344 e. The minimum atomic E-state index is -0.861. The van der Waals surface area contributed by atoms with Gasteiger partial charge in [0.05, 0.1) is 0 Å². The molecule has 0 amide bonds. The molecule has 29 heavy (non-hydrogen) atoms. The van der Waals surface area contributed by atoms with E-state index in [9.17, 15) is 9.90 Å². The highest BCUT2D eigenvalue weighted by atomic mass is 16.5. The summed E-state index contributed by atoms with van der Waals surface area (Å²) in [6, 6.07) is 8.02. The van der Waals surface area contributed by atoms with Crippen LogP contribution >= 0.6 is 0 Å². The van der Waals surface area contributed by atoms with Crippen molar-refractivity contribution >= 4 is 11.5 Å². The number of unbranched alkanes of at least 4 members (excludes halogenated alkanes) is 7. The van der Waals surface area contributed by atoms with Crippen molar-refractivity contribution in [3.05, 3.63) is 35.9 Å². The molecule has 0 aliphatic heterocycles. The van der Waals surface area contributed by atoms with Gasteiger partial charge in [-0.25, -0.2) is 4.79 Å². The lowest BCUT2D eigenvalue weighted by Gasteiger charge is -2.16. The van der Waals surface area contributed by atoms with Crippen LogP contribution in [0.1, 0.15) is 109 Å². The van der Waals surface area contributed by atoms with Crippen molar-refractivity contribution < 1.29 is 14.6 Å². The summed E-state index contributed by atoms with van der Waals surface area (Å²) < 4.78 is 5.80. The molecule has 162 valence electrons. The number of benzene rings is 1. The third-order valence-corrected chi connectivity index (χ3v) is 5.89. The van der Waals surface area contributed by atoms with Gasteiger partial charge >= 0.3 is 5.97 Å². The zero-order chi connectivity index (χ0) is 20.7. The topological polar surface area (TPSA) is 46.5 Å². The molecule has 0 bridgehead atoms. The van der Waals surface area contributed by atoms with Gasteiger partial charge in [-0.3, -0.25) is 0 Å². The summed E-state index contributed by atoms with van der Waals surface area (Å²) in [5.74, 6) is -0.202. The van der Waals surface area contributed by atoms with Gasteiger partial charge in [0.1, 0.15) is 5.75 Å². The molecule has 3 heteroatoms. The number of hydrogen-bond donors (Lipinski definition) is 1. The Hall–Kier alpha value is -1.77. The van der Waals surface area contributed by atoms with Crippen molar-refractivity contribution in [1.82, 2.24) is 0 Å². The molecule has 3 nitrogen and oxygen atoms in total. The van der Waals surface area contributed by atoms with Crippen LogP contribution in [-0.4, -0.2) is 17.2 Å². The van der Waals surface area contributed by atoms with Crippen molar-refractivity contribution in [2.45, 2.75) is 109 Å². The van der Waals surface area contributed by atoms with Crippen LogP contribution in [0.15, 0.2) is 30.3 Å². The molecule has 1 aliphatic carbocycles. The molecule has 1 aromatic carbocycles. The van der Waals surface area contributed by atoms with E-state index in [-0.39, 0.29) is 0 Å². The Balaban J connectivity index is 1.77. The standard InChI is InChI=1S/C26H40O3/c1-2-3-4-5-6-7-11-14-17-25(26(27)28)29-24-20-18-23(19-21-24)22-15-12-9-8-10-13-16-22/h15,18-21,25H,2-14,16-17H2,1H3,(H,27,28). The molecule has 0 fully saturated rings. The van der Waals surface area contributed by atoms with Crippen LogP contribution in [0.4, 0.5) is 0 Å². The summed E-state index contributed by atoms with van der Waals surface area (Å²) in [6.45, 7) is 2.23. The monoisotopic (exact) mass is 400 g/mol. The molecular weight excluding hydrogens is 360 g/mol. The number of hydrogen-bond acceptors (Lipinski definition) is 2. The zero-order valence-corrected chi connectivity index (χ0v) is 18.3. The average molecular weight is 401 g/mol. The summed E-state index contributed by atoms with van der Waals surface area (Å²) in [5.41, 5.74) is 2.67. The van der Waals surface area contributed by atoms with Gasteiger partial charge in [-0.1, -0.05) is 82.9 Å². The van der Waals surface area contributed by atoms with E-state index < -0.39 is 12.1 Å². The minimum Gasteiger partial charge on any atom is -0.479 e. The van der Waals surface area contributed by atoms with Crippen LogP contribution in [-0.2, 0) is 4.79 Å². The summed E-state index contributed by atoms with van der Waals surface area (Å²) >= 11 is 0. The Morgan fingerprint density at radius 3 is 2.28 bits per heavy atom. The highest BCUT2D eigenvalue weighted by molar-refractivity contribution is 5.72. The van der Waals surface area contributed by atoms with Gasteiger partial charge in [0, 0.05) is 0 Å². The number of carboxylic acid groups (broad SMARTS) is 1. The van der Waals surface area contributed by atoms with Crippen molar-refractivity contribution in [2.75, 3.05) is 0 Å². The van der Waals surface area contributed by atoms with E-state index >= 15 is 0 Å². The Bertz CT molecular complexity index is 603. The summed E-state index contributed by atoms with van der Waals surface area (Å²) in [6.07, 6.45) is 19.4. The first-order chi connectivity index (χ1) is 14.2. The lowest BCUT2D eigenvalue weighted by Crippen LogP contribution is -2.26. The highest BCUT2D eigenvalue weighted by Crippen LogP contribution is 2.27.